The van der Waals surface area contributed by atoms with Gasteiger partial charge in [-0.1, -0.05) is 12.1 Å². The smallest absolute Gasteiger partial charge is 0.183 e. The van der Waals surface area contributed by atoms with Gasteiger partial charge in [0.2, 0.25) is 0 Å². The summed E-state index contributed by atoms with van der Waals surface area (Å²) in [7, 11) is 1.63. The molecule has 0 spiro atoms. The van der Waals surface area contributed by atoms with E-state index in [-0.39, 0.29) is 0 Å². The minimum absolute atomic E-state index is 0.640. The van der Waals surface area contributed by atoms with Crippen molar-refractivity contribution >= 4 is 11.7 Å². The molecule has 0 amide bonds. The monoisotopic (exact) mass is 188 g/mol. The fourth-order valence-electron chi connectivity index (χ4n) is 1.20. The predicted octanol–water partition coefficient (Wildman–Crippen LogP) is 1.39. The fraction of sp³-hybridized carbons (Fsp3) is 0.200. The molecule has 0 N–H and O–H groups in total. The summed E-state index contributed by atoms with van der Waals surface area (Å²) >= 11 is 0. The lowest BCUT2D eigenvalue weighted by Gasteiger charge is -2.02. The first-order chi connectivity index (χ1) is 6.79. The van der Waals surface area contributed by atoms with E-state index in [1.807, 2.05) is 31.2 Å². The second kappa shape index (κ2) is 3.49. The molecule has 0 saturated carbocycles. The number of benzene rings is 1. The van der Waals surface area contributed by atoms with E-state index in [1.54, 1.807) is 7.11 Å². The van der Waals surface area contributed by atoms with E-state index in [0.29, 0.717) is 11.7 Å². The third-order valence-electron chi connectivity index (χ3n) is 1.89. The molecule has 0 aromatic heterocycles. The Kier molecular flexibility index (Phi) is 2.18. The lowest BCUT2D eigenvalue weighted by molar-refractivity contribution is 0.414. The minimum atomic E-state index is 0.640. The van der Waals surface area contributed by atoms with Crippen molar-refractivity contribution in [2.45, 2.75) is 6.92 Å². The Morgan fingerprint density at radius 2 is 2.07 bits per heavy atom. The zero-order chi connectivity index (χ0) is 9.97. The van der Waals surface area contributed by atoms with E-state index >= 15 is 0 Å². The van der Waals surface area contributed by atoms with Crippen LogP contribution in [0.4, 0.5) is 0 Å². The number of methoxy groups -OCH3 is 1. The van der Waals surface area contributed by atoms with Crippen LogP contribution in [-0.2, 0) is 0 Å². The maximum atomic E-state index is 5.11. The van der Waals surface area contributed by atoms with Gasteiger partial charge in [-0.25, -0.2) is 5.32 Å². The van der Waals surface area contributed by atoms with Crippen LogP contribution >= 0.6 is 0 Å². The van der Waals surface area contributed by atoms with Gasteiger partial charge in [0.25, 0.3) is 0 Å². The molecule has 1 radical (unpaired) electrons. The second-order valence-electron chi connectivity index (χ2n) is 2.91. The summed E-state index contributed by atoms with van der Waals surface area (Å²) in [6.45, 7) is 1.82. The molecule has 4 nitrogen and oxygen atoms in total. The van der Waals surface area contributed by atoms with Gasteiger partial charge in [-0.2, -0.15) is 0 Å². The van der Waals surface area contributed by atoms with Crippen LogP contribution in [0.2, 0.25) is 0 Å². The molecule has 1 aliphatic heterocycles. The second-order valence-corrected chi connectivity index (χ2v) is 2.91. The minimum Gasteiger partial charge on any atom is -0.497 e. The molecule has 1 aromatic rings. The lowest BCUT2D eigenvalue weighted by Crippen LogP contribution is -2.16. The van der Waals surface area contributed by atoms with Crippen LogP contribution in [0.3, 0.4) is 0 Å². The van der Waals surface area contributed by atoms with Crippen molar-refractivity contribution in [1.29, 1.82) is 0 Å². The molecular formula is C10H10N3O. The highest BCUT2D eigenvalue weighted by Crippen LogP contribution is 2.14. The van der Waals surface area contributed by atoms with Gasteiger partial charge < -0.3 is 4.74 Å². The van der Waals surface area contributed by atoms with E-state index in [4.69, 9.17) is 4.74 Å². The van der Waals surface area contributed by atoms with Crippen molar-refractivity contribution in [3.63, 3.8) is 0 Å². The number of hydrogen-bond donors (Lipinski definition) is 0. The van der Waals surface area contributed by atoms with Crippen LogP contribution in [0.25, 0.3) is 0 Å². The van der Waals surface area contributed by atoms with E-state index in [0.717, 1.165) is 11.3 Å². The SMILES string of the molecule is COc1cccc(C2=NN=C(C)[N]2)c1. The summed E-state index contributed by atoms with van der Waals surface area (Å²) in [6.07, 6.45) is 0. The maximum absolute atomic E-state index is 5.11. The summed E-state index contributed by atoms with van der Waals surface area (Å²) in [5.41, 5.74) is 0.921. The zero-order valence-corrected chi connectivity index (χ0v) is 8.06. The third-order valence-corrected chi connectivity index (χ3v) is 1.89. The van der Waals surface area contributed by atoms with Crippen molar-refractivity contribution < 1.29 is 4.74 Å². The van der Waals surface area contributed by atoms with Gasteiger partial charge in [-0.15, -0.1) is 10.2 Å². The Morgan fingerprint density at radius 1 is 1.21 bits per heavy atom. The molecule has 0 bridgehead atoms. The molecule has 71 valence electrons. The summed E-state index contributed by atoms with van der Waals surface area (Å²) in [6, 6.07) is 7.60. The largest absolute Gasteiger partial charge is 0.497 e. The van der Waals surface area contributed by atoms with Crippen molar-refractivity contribution in [3.05, 3.63) is 29.8 Å². The van der Waals surface area contributed by atoms with E-state index in [2.05, 4.69) is 15.5 Å². The number of rotatable bonds is 2. The Labute approximate surface area is 82.3 Å². The summed E-state index contributed by atoms with van der Waals surface area (Å²) < 4.78 is 5.11. The highest BCUT2D eigenvalue weighted by Gasteiger charge is 2.12. The van der Waals surface area contributed by atoms with E-state index < -0.39 is 0 Å². The maximum Gasteiger partial charge on any atom is 0.183 e. The third kappa shape index (κ3) is 1.59. The molecule has 0 aliphatic carbocycles. The quantitative estimate of drug-likeness (QED) is 0.691. The number of amidine groups is 2. The van der Waals surface area contributed by atoms with Crippen molar-refractivity contribution in [1.82, 2.24) is 5.32 Å². The molecule has 1 aromatic carbocycles. The van der Waals surface area contributed by atoms with Crippen LogP contribution in [0.5, 0.6) is 5.75 Å². The Morgan fingerprint density at radius 3 is 2.71 bits per heavy atom. The number of ether oxygens (including phenoxy) is 1. The molecule has 1 aliphatic rings. The summed E-state index contributed by atoms with van der Waals surface area (Å²) in [4.78, 5) is 0. The van der Waals surface area contributed by atoms with Crippen molar-refractivity contribution in [3.8, 4) is 5.75 Å². The number of hydrogen-bond acceptors (Lipinski definition) is 3. The lowest BCUT2D eigenvalue weighted by atomic mass is 10.2. The summed E-state index contributed by atoms with van der Waals surface area (Å²) in [5, 5.41) is 12.0. The topological polar surface area (TPSA) is 48.1 Å². The standard InChI is InChI=1S/C10H10N3O/c1-7-11-10(13-12-7)8-4-3-5-9(6-8)14-2/h3-6H,1-2H3. The molecule has 0 unspecified atom stereocenters. The Hall–Kier alpha value is -1.84. The summed E-state index contributed by atoms with van der Waals surface area (Å²) in [5.74, 6) is 2.12. The first-order valence-corrected chi connectivity index (χ1v) is 4.28. The Bertz CT molecular complexity index is 410. The molecule has 0 atom stereocenters. The highest BCUT2D eigenvalue weighted by molar-refractivity contribution is 6.11. The van der Waals surface area contributed by atoms with E-state index in [1.165, 1.54) is 0 Å². The van der Waals surface area contributed by atoms with Gasteiger partial charge in [-0.3, -0.25) is 0 Å². The van der Waals surface area contributed by atoms with Gasteiger partial charge in [-0.05, 0) is 19.1 Å². The van der Waals surface area contributed by atoms with Crippen LogP contribution < -0.4 is 10.1 Å². The highest BCUT2D eigenvalue weighted by atomic mass is 16.5. The van der Waals surface area contributed by atoms with Crippen LogP contribution in [0.15, 0.2) is 34.5 Å². The fourth-order valence-corrected chi connectivity index (χ4v) is 1.20. The normalized spacial score (nSPS) is 14.4. The van der Waals surface area contributed by atoms with Crippen molar-refractivity contribution in [2.75, 3.05) is 7.11 Å². The molecule has 2 rings (SSSR count). The molecule has 14 heavy (non-hydrogen) atoms. The van der Waals surface area contributed by atoms with Crippen LogP contribution in [-0.4, -0.2) is 18.8 Å². The predicted molar refractivity (Wildman–Crippen MR) is 54.8 cm³/mol. The van der Waals surface area contributed by atoms with Gasteiger partial charge in [0.15, 0.2) is 5.84 Å². The van der Waals surface area contributed by atoms with Crippen molar-refractivity contribution in [2.24, 2.45) is 10.2 Å². The van der Waals surface area contributed by atoms with Crippen LogP contribution in [0, 0.1) is 0 Å². The first kappa shape index (κ1) is 8.74. The van der Waals surface area contributed by atoms with Gasteiger partial charge in [0.05, 0.1) is 7.11 Å². The molecule has 0 fully saturated rings. The zero-order valence-electron chi connectivity index (χ0n) is 8.06. The molecule has 1 heterocycles. The molecule has 4 heteroatoms. The molecular weight excluding hydrogens is 178 g/mol. The average molecular weight is 188 g/mol. The van der Waals surface area contributed by atoms with Gasteiger partial charge in [0, 0.05) is 5.56 Å². The molecule has 0 saturated heterocycles. The van der Waals surface area contributed by atoms with E-state index in [9.17, 15) is 0 Å². The van der Waals surface area contributed by atoms with Gasteiger partial charge >= 0.3 is 0 Å². The Balaban J connectivity index is 2.26. The average Bonchev–Trinajstić information content (AvgIpc) is 2.65. The number of nitrogens with zero attached hydrogens (tertiary/aromatic N) is 3. The van der Waals surface area contributed by atoms with Gasteiger partial charge in [0.1, 0.15) is 11.6 Å². The first-order valence-electron chi connectivity index (χ1n) is 4.28. The van der Waals surface area contributed by atoms with Crippen LogP contribution in [0.1, 0.15) is 12.5 Å².